The van der Waals surface area contributed by atoms with E-state index in [1.807, 2.05) is 0 Å². The molecule has 1 fully saturated rings. The number of ether oxygens (including phenoxy) is 2. The van der Waals surface area contributed by atoms with Crippen LogP contribution in [-0.4, -0.2) is 38.6 Å². The van der Waals surface area contributed by atoms with Gasteiger partial charge in [0.05, 0.1) is 12.0 Å². The van der Waals surface area contributed by atoms with Crippen molar-refractivity contribution in [2.45, 2.75) is 30.9 Å². The molecule has 1 heterocycles. The van der Waals surface area contributed by atoms with Crippen molar-refractivity contribution in [3.63, 3.8) is 0 Å². The van der Waals surface area contributed by atoms with Crippen molar-refractivity contribution in [3.8, 4) is 5.75 Å². The molecule has 2 rings (SSSR count). The molecule has 1 saturated heterocycles. The third-order valence-electron chi connectivity index (χ3n) is 3.09. The molecule has 1 aliphatic rings. The predicted molar refractivity (Wildman–Crippen MR) is 71.7 cm³/mol. The van der Waals surface area contributed by atoms with Crippen LogP contribution in [0, 0.1) is 0 Å². The van der Waals surface area contributed by atoms with Gasteiger partial charge >= 0.3 is 0 Å². The molecule has 7 heteroatoms. The molecule has 0 aromatic heterocycles. The fraction of sp³-hybridized carbons (Fsp3) is 0.462. The van der Waals surface area contributed by atoms with E-state index < -0.39 is 22.2 Å². The lowest BCUT2D eigenvalue weighted by molar-refractivity contribution is -0.128. The van der Waals surface area contributed by atoms with Gasteiger partial charge in [0.1, 0.15) is 12.0 Å². The molecule has 1 aromatic rings. The summed E-state index contributed by atoms with van der Waals surface area (Å²) >= 11 is 0. The van der Waals surface area contributed by atoms with Gasteiger partial charge in [-0.3, -0.25) is 4.79 Å². The Morgan fingerprint density at radius 3 is 2.50 bits per heavy atom. The Kier molecular flexibility index (Phi) is 4.29. The first-order valence-corrected chi connectivity index (χ1v) is 7.77. The topological polar surface area (TPSA) is 72.9 Å². The van der Waals surface area contributed by atoms with Crippen molar-refractivity contribution in [2.75, 3.05) is 13.7 Å². The monoisotopic (exact) mass is 299 g/mol. The number of rotatable bonds is 5. The Bertz CT molecular complexity index is 581. The van der Waals surface area contributed by atoms with Crippen molar-refractivity contribution in [2.24, 2.45) is 0 Å². The van der Waals surface area contributed by atoms with Gasteiger partial charge in [-0.15, -0.1) is 0 Å². The van der Waals surface area contributed by atoms with Crippen LogP contribution in [0.4, 0.5) is 0 Å². The molecule has 0 saturated carbocycles. The number of nitrogens with zero attached hydrogens (tertiary/aromatic N) is 1. The lowest BCUT2D eigenvalue weighted by Crippen LogP contribution is -2.40. The van der Waals surface area contributed by atoms with Crippen LogP contribution in [0.25, 0.3) is 0 Å². The van der Waals surface area contributed by atoms with E-state index in [2.05, 4.69) is 0 Å². The van der Waals surface area contributed by atoms with Gasteiger partial charge < -0.3 is 9.47 Å². The average molecular weight is 299 g/mol. The summed E-state index contributed by atoms with van der Waals surface area (Å²) in [7, 11) is -2.38. The Labute approximate surface area is 118 Å². The second-order valence-electron chi connectivity index (χ2n) is 4.32. The van der Waals surface area contributed by atoms with Crippen LogP contribution in [-0.2, 0) is 19.6 Å². The van der Waals surface area contributed by atoms with E-state index in [1.54, 1.807) is 19.1 Å². The van der Waals surface area contributed by atoms with Crippen molar-refractivity contribution < 1.29 is 22.7 Å². The Morgan fingerprint density at radius 2 is 1.95 bits per heavy atom. The maximum absolute atomic E-state index is 12.5. The van der Waals surface area contributed by atoms with Crippen molar-refractivity contribution in [1.82, 2.24) is 4.31 Å². The highest BCUT2D eigenvalue weighted by Crippen LogP contribution is 2.28. The standard InChI is InChI=1S/C13H17NO5S/c1-3-19-13-9-8-12(15)14(13)20(16,17)11-6-4-10(18-2)5-7-11/h4-7,13H,3,8-9H2,1-2H3. The maximum Gasteiger partial charge on any atom is 0.268 e. The summed E-state index contributed by atoms with van der Waals surface area (Å²) < 4.78 is 36.2. The number of benzene rings is 1. The minimum Gasteiger partial charge on any atom is -0.497 e. The number of amides is 1. The van der Waals surface area contributed by atoms with E-state index in [1.165, 1.54) is 19.2 Å². The molecule has 0 spiro atoms. The molecule has 1 aromatic carbocycles. The number of sulfonamides is 1. The van der Waals surface area contributed by atoms with Crippen LogP contribution in [0.2, 0.25) is 0 Å². The van der Waals surface area contributed by atoms with Gasteiger partial charge in [-0.1, -0.05) is 0 Å². The molecule has 20 heavy (non-hydrogen) atoms. The van der Waals surface area contributed by atoms with Crippen LogP contribution in [0.15, 0.2) is 29.2 Å². The van der Waals surface area contributed by atoms with Crippen LogP contribution >= 0.6 is 0 Å². The molecule has 1 unspecified atom stereocenters. The van der Waals surface area contributed by atoms with Crippen molar-refractivity contribution in [3.05, 3.63) is 24.3 Å². The van der Waals surface area contributed by atoms with Gasteiger partial charge in [0, 0.05) is 19.4 Å². The molecule has 0 bridgehead atoms. The molecule has 1 amide bonds. The fourth-order valence-electron chi connectivity index (χ4n) is 2.13. The summed E-state index contributed by atoms with van der Waals surface area (Å²) in [6.45, 7) is 2.12. The minimum absolute atomic E-state index is 0.0539. The van der Waals surface area contributed by atoms with E-state index in [9.17, 15) is 13.2 Å². The molecule has 1 aliphatic heterocycles. The highest BCUT2D eigenvalue weighted by molar-refractivity contribution is 7.89. The summed E-state index contributed by atoms with van der Waals surface area (Å²) in [5, 5.41) is 0. The third kappa shape index (κ3) is 2.64. The number of carbonyl (C=O) groups is 1. The van der Waals surface area contributed by atoms with Gasteiger partial charge in [0.2, 0.25) is 5.91 Å². The molecular formula is C13H17NO5S. The van der Waals surface area contributed by atoms with Gasteiger partial charge in [-0.2, -0.15) is 0 Å². The Hall–Kier alpha value is -1.60. The van der Waals surface area contributed by atoms with E-state index >= 15 is 0 Å². The van der Waals surface area contributed by atoms with Crippen LogP contribution in [0.3, 0.4) is 0 Å². The summed E-state index contributed by atoms with van der Waals surface area (Å²) in [6.07, 6.45) is -0.137. The second-order valence-corrected chi connectivity index (χ2v) is 6.13. The zero-order valence-corrected chi connectivity index (χ0v) is 12.2. The lowest BCUT2D eigenvalue weighted by Gasteiger charge is -2.24. The highest BCUT2D eigenvalue weighted by Gasteiger charge is 2.41. The van der Waals surface area contributed by atoms with Gasteiger partial charge in [0.15, 0.2) is 0 Å². The zero-order chi connectivity index (χ0) is 14.8. The zero-order valence-electron chi connectivity index (χ0n) is 11.4. The van der Waals surface area contributed by atoms with E-state index in [-0.39, 0.29) is 11.3 Å². The van der Waals surface area contributed by atoms with Gasteiger partial charge in [0.25, 0.3) is 10.0 Å². The first-order chi connectivity index (χ1) is 9.50. The fourth-order valence-corrected chi connectivity index (χ4v) is 3.67. The highest BCUT2D eigenvalue weighted by atomic mass is 32.2. The number of methoxy groups -OCH3 is 1. The first-order valence-electron chi connectivity index (χ1n) is 6.33. The smallest absolute Gasteiger partial charge is 0.268 e. The average Bonchev–Trinajstić information content (AvgIpc) is 2.81. The van der Waals surface area contributed by atoms with Crippen LogP contribution < -0.4 is 4.74 Å². The minimum atomic E-state index is -3.88. The number of carbonyl (C=O) groups excluding carboxylic acids is 1. The summed E-state index contributed by atoms with van der Waals surface area (Å²) in [4.78, 5) is 11.9. The SMILES string of the molecule is CCOC1CCC(=O)N1S(=O)(=O)c1ccc(OC)cc1. The summed E-state index contributed by atoms with van der Waals surface area (Å²) in [5.74, 6) is 0.123. The quantitative estimate of drug-likeness (QED) is 0.821. The first kappa shape index (κ1) is 14.8. The van der Waals surface area contributed by atoms with Crippen LogP contribution in [0.5, 0.6) is 5.75 Å². The number of hydrogen-bond acceptors (Lipinski definition) is 5. The molecule has 0 radical (unpaired) electrons. The van der Waals surface area contributed by atoms with Gasteiger partial charge in [-0.25, -0.2) is 12.7 Å². The predicted octanol–water partition coefficient (Wildman–Crippen LogP) is 1.37. The van der Waals surface area contributed by atoms with Gasteiger partial charge in [-0.05, 0) is 31.2 Å². The Balaban J connectivity index is 2.34. The second kappa shape index (κ2) is 5.80. The molecular weight excluding hydrogens is 282 g/mol. The summed E-state index contributed by atoms with van der Waals surface area (Å²) in [5.41, 5.74) is 0. The van der Waals surface area contributed by atoms with E-state index in [0.717, 1.165) is 4.31 Å². The summed E-state index contributed by atoms with van der Waals surface area (Å²) in [6, 6.07) is 5.93. The number of hydrogen-bond donors (Lipinski definition) is 0. The molecule has 0 aliphatic carbocycles. The van der Waals surface area contributed by atoms with E-state index in [0.29, 0.717) is 18.8 Å². The van der Waals surface area contributed by atoms with Crippen LogP contribution in [0.1, 0.15) is 19.8 Å². The third-order valence-corrected chi connectivity index (χ3v) is 4.91. The molecule has 1 atom stereocenters. The normalized spacial score (nSPS) is 19.4. The van der Waals surface area contributed by atoms with E-state index in [4.69, 9.17) is 9.47 Å². The van der Waals surface area contributed by atoms with Crippen molar-refractivity contribution >= 4 is 15.9 Å². The largest absolute Gasteiger partial charge is 0.497 e. The molecule has 6 nitrogen and oxygen atoms in total. The molecule has 0 N–H and O–H groups in total. The van der Waals surface area contributed by atoms with Crippen molar-refractivity contribution in [1.29, 1.82) is 0 Å². The Morgan fingerprint density at radius 1 is 1.30 bits per heavy atom. The lowest BCUT2D eigenvalue weighted by atomic mass is 10.3. The maximum atomic E-state index is 12.5. The molecule has 110 valence electrons.